The number of thiazole rings is 1. The molecule has 2 heterocycles. The molecule has 0 unspecified atom stereocenters. The Labute approximate surface area is 119 Å². The first-order valence-corrected chi connectivity index (χ1v) is 7.02. The quantitative estimate of drug-likeness (QED) is 0.918. The van der Waals surface area contributed by atoms with Gasteiger partial charge < -0.3 is 5.11 Å². The molecule has 0 fully saturated rings. The number of benzene rings is 1. The van der Waals surface area contributed by atoms with Crippen LogP contribution in [0.4, 0.5) is 5.69 Å². The van der Waals surface area contributed by atoms with Crippen LogP contribution in [-0.2, 0) is 11.2 Å². The second-order valence-corrected chi connectivity index (χ2v) is 5.68. The van der Waals surface area contributed by atoms with Crippen molar-refractivity contribution in [3.8, 4) is 0 Å². The number of anilines is 1. The number of fused-ring (bicyclic) bond motifs is 1. The van der Waals surface area contributed by atoms with Gasteiger partial charge in [0.2, 0.25) is 0 Å². The average Bonchev–Trinajstić information content (AvgIpc) is 3.01. The summed E-state index contributed by atoms with van der Waals surface area (Å²) >= 11 is 1.38. The number of rotatable bonds is 2. The van der Waals surface area contributed by atoms with E-state index < -0.39 is 12.0 Å². The molecule has 0 aliphatic carbocycles. The van der Waals surface area contributed by atoms with E-state index in [1.165, 1.54) is 16.2 Å². The van der Waals surface area contributed by atoms with Gasteiger partial charge in [-0.2, -0.15) is 0 Å². The molecule has 0 bridgehead atoms. The van der Waals surface area contributed by atoms with E-state index in [9.17, 15) is 14.7 Å². The van der Waals surface area contributed by atoms with Crippen molar-refractivity contribution in [2.45, 2.75) is 19.4 Å². The molecule has 5 nitrogen and oxygen atoms in total. The lowest BCUT2D eigenvalue weighted by molar-refractivity contribution is -0.138. The minimum Gasteiger partial charge on any atom is -0.480 e. The lowest BCUT2D eigenvalue weighted by Gasteiger charge is -2.21. The molecular weight excluding hydrogens is 276 g/mol. The van der Waals surface area contributed by atoms with Crippen LogP contribution in [0.1, 0.15) is 21.1 Å². The van der Waals surface area contributed by atoms with Crippen LogP contribution >= 0.6 is 11.3 Å². The Kier molecular flexibility index (Phi) is 3.02. The number of carbonyl (C=O) groups is 2. The lowest BCUT2D eigenvalue weighted by Crippen LogP contribution is -2.43. The van der Waals surface area contributed by atoms with E-state index in [2.05, 4.69) is 4.98 Å². The largest absolute Gasteiger partial charge is 0.480 e. The van der Waals surface area contributed by atoms with Crippen LogP contribution in [0.5, 0.6) is 0 Å². The fourth-order valence-electron chi connectivity index (χ4n) is 2.42. The highest BCUT2D eigenvalue weighted by atomic mass is 32.1. The average molecular weight is 288 g/mol. The molecule has 0 spiro atoms. The predicted octanol–water partition coefficient (Wildman–Crippen LogP) is 2.11. The molecule has 1 amide bonds. The van der Waals surface area contributed by atoms with E-state index in [1.807, 2.05) is 19.1 Å². The molecule has 20 heavy (non-hydrogen) atoms. The number of carboxylic acid groups (broad SMARTS) is 1. The molecule has 0 saturated heterocycles. The zero-order valence-electron chi connectivity index (χ0n) is 10.7. The molecule has 1 aromatic heterocycles. The summed E-state index contributed by atoms with van der Waals surface area (Å²) in [5.74, 6) is -1.35. The highest BCUT2D eigenvalue weighted by molar-refractivity contribution is 7.09. The molecule has 1 aromatic carbocycles. The zero-order chi connectivity index (χ0) is 14.3. The van der Waals surface area contributed by atoms with Crippen molar-refractivity contribution in [3.63, 3.8) is 0 Å². The van der Waals surface area contributed by atoms with Crippen LogP contribution < -0.4 is 4.90 Å². The van der Waals surface area contributed by atoms with Gasteiger partial charge in [0, 0.05) is 17.5 Å². The Balaban J connectivity index is 2.04. The number of para-hydroxylation sites is 1. The summed E-state index contributed by atoms with van der Waals surface area (Å²) in [4.78, 5) is 29.5. The maximum absolute atomic E-state index is 12.5. The van der Waals surface area contributed by atoms with Crippen molar-refractivity contribution in [1.29, 1.82) is 0 Å². The van der Waals surface area contributed by atoms with Gasteiger partial charge in [0.25, 0.3) is 5.91 Å². The molecule has 1 aliphatic heterocycles. The van der Waals surface area contributed by atoms with Crippen LogP contribution in [0.2, 0.25) is 0 Å². The number of nitrogens with zero attached hydrogens (tertiary/aromatic N) is 2. The molecule has 1 atom stereocenters. The number of hydrogen-bond donors (Lipinski definition) is 1. The van der Waals surface area contributed by atoms with E-state index in [4.69, 9.17) is 0 Å². The molecule has 0 saturated carbocycles. The van der Waals surface area contributed by atoms with Crippen molar-refractivity contribution in [2.75, 3.05) is 4.90 Å². The highest BCUT2D eigenvalue weighted by Gasteiger charge is 2.39. The number of aryl methyl sites for hydroxylation is 1. The van der Waals surface area contributed by atoms with Gasteiger partial charge in [-0.1, -0.05) is 18.2 Å². The number of amides is 1. The van der Waals surface area contributed by atoms with Crippen molar-refractivity contribution in [2.24, 2.45) is 0 Å². The fraction of sp³-hybridized carbons (Fsp3) is 0.214. The number of aliphatic carboxylic acids is 1. The molecular formula is C14H12N2O3S. The molecule has 102 valence electrons. The summed E-state index contributed by atoms with van der Waals surface area (Å²) in [6.07, 6.45) is 0.334. The lowest BCUT2D eigenvalue weighted by atomic mass is 10.1. The molecule has 0 radical (unpaired) electrons. The third kappa shape index (κ3) is 1.98. The standard InChI is InChI=1S/C14H12N2O3S/c1-8-15-10(7-20-8)13(17)16-11-5-3-2-4-9(11)6-12(16)14(18)19/h2-5,7,12H,6H2,1H3,(H,18,19)/t12-/m0/s1. The van der Waals surface area contributed by atoms with Gasteiger partial charge in [-0.3, -0.25) is 9.69 Å². The fourth-order valence-corrected chi connectivity index (χ4v) is 3.01. The summed E-state index contributed by atoms with van der Waals surface area (Å²) in [6, 6.07) is 6.41. The van der Waals surface area contributed by atoms with E-state index >= 15 is 0 Å². The monoisotopic (exact) mass is 288 g/mol. The first-order chi connectivity index (χ1) is 9.58. The Morgan fingerprint density at radius 1 is 1.40 bits per heavy atom. The van der Waals surface area contributed by atoms with Gasteiger partial charge in [0.15, 0.2) is 0 Å². The summed E-state index contributed by atoms with van der Waals surface area (Å²) in [7, 11) is 0. The highest BCUT2D eigenvalue weighted by Crippen LogP contribution is 2.33. The minimum atomic E-state index is -0.999. The molecule has 3 rings (SSSR count). The van der Waals surface area contributed by atoms with Gasteiger partial charge in [-0.25, -0.2) is 9.78 Å². The van der Waals surface area contributed by atoms with Crippen LogP contribution in [0.3, 0.4) is 0 Å². The molecule has 6 heteroatoms. The number of hydrogen-bond acceptors (Lipinski definition) is 4. The third-order valence-corrected chi connectivity index (χ3v) is 4.09. The first-order valence-electron chi connectivity index (χ1n) is 6.14. The molecule has 1 aliphatic rings. The normalized spacial score (nSPS) is 17.1. The van der Waals surface area contributed by atoms with Crippen molar-refractivity contribution in [1.82, 2.24) is 4.98 Å². The Hall–Kier alpha value is -2.21. The van der Waals surface area contributed by atoms with Crippen molar-refractivity contribution < 1.29 is 14.7 Å². The van der Waals surface area contributed by atoms with E-state index in [0.717, 1.165) is 10.6 Å². The van der Waals surface area contributed by atoms with Gasteiger partial charge >= 0.3 is 5.97 Å². The summed E-state index contributed by atoms with van der Waals surface area (Å²) in [5, 5.41) is 11.8. The van der Waals surface area contributed by atoms with Crippen LogP contribution in [0, 0.1) is 6.92 Å². The van der Waals surface area contributed by atoms with Crippen LogP contribution in [0.25, 0.3) is 0 Å². The predicted molar refractivity (Wildman–Crippen MR) is 75.2 cm³/mol. The first kappa shape index (κ1) is 12.8. The number of carbonyl (C=O) groups excluding carboxylic acids is 1. The smallest absolute Gasteiger partial charge is 0.327 e. The summed E-state index contributed by atoms with van der Waals surface area (Å²) < 4.78 is 0. The molecule has 2 aromatic rings. The van der Waals surface area contributed by atoms with Crippen molar-refractivity contribution in [3.05, 3.63) is 45.9 Å². The maximum atomic E-state index is 12.5. The number of carboxylic acids is 1. The van der Waals surface area contributed by atoms with Gasteiger partial charge in [0.1, 0.15) is 11.7 Å². The zero-order valence-corrected chi connectivity index (χ0v) is 11.6. The second kappa shape index (κ2) is 4.72. The van der Waals surface area contributed by atoms with Crippen molar-refractivity contribution >= 4 is 28.9 Å². The van der Waals surface area contributed by atoms with Gasteiger partial charge in [-0.05, 0) is 18.6 Å². The van der Waals surface area contributed by atoms with Gasteiger partial charge in [-0.15, -0.1) is 11.3 Å². The SMILES string of the molecule is Cc1nc(C(=O)N2c3ccccc3C[C@H]2C(=O)O)cs1. The summed E-state index contributed by atoms with van der Waals surface area (Å²) in [6.45, 7) is 1.81. The summed E-state index contributed by atoms with van der Waals surface area (Å²) in [5.41, 5.74) is 1.84. The second-order valence-electron chi connectivity index (χ2n) is 4.61. The van der Waals surface area contributed by atoms with Crippen LogP contribution in [0.15, 0.2) is 29.6 Å². The minimum absolute atomic E-state index is 0.301. The third-order valence-electron chi connectivity index (χ3n) is 3.32. The Morgan fingerprint density at radius 2 is 2.15 bits per heavy atom. The Bertz CT molecular complexity index is 695. The number of aromatic nitrogens is 1. The maximum Gasteiger partial charge on any atom is 0.327 e. The van der Waals surface area contributed by atoms with E-state index in [-0.39, 0.29) is 5.91 Å². The van der Waals surface area contributed by atoms with E-state index in [1.54, 1.807) is 17.5 Å². The molecule has 1 N–H and O–H groups in total. The van der Waals surface area contributed by atoms with Gasteiger partial charge in [0.05, 0.1) is 5.01 Å². The Morgan fingerprint density at radius 3 is 2.80 bits per heavy atom. The van der Waals surface area contributed by atoms with E-state index in [0.29, 0.717) is 17.8 Å². The van der Waals surface area contributed by atoms with Crippen LogP contribution in [-0.4, -0.2) is 28.0 Å². The topological polar surface area (TPSA) is 70.5 Å².